The number of halogens is 1. The molecule has 178 valence electrons. The fourth-order valence-corrected chi connectivity index (χ4v) is 3.71. The van der Waals surface area contributed by atoms with Crippen molar-refractivity contribution in [2.45, 2.75) is 20.4 Å². The van der Waals surface area contributed by atoms with Crippen LogP contribution in [0.1, 0.15) is 19.4 Å². The van der Waals surface area contributed by atoms with Crippen molar-refractivity contribution in [1.82, 2.24) is 20.4 Å². The van der Waals surface area contributed by atoms with Crippen LogP contribution in [0.2, 0.25) is 0 Å². The van der Waals surface area contributed by atoms with Crippen LogP contribution in [-0.2, 0) is 6.54 Å². The molecule has 1 saturated heterocycles. The van der Waals surface area contributed by atoms with Gasteiger partial charge < -0.3 is 34.6 Å². The zero-order valence-corrected chi connectivity index (χ0v) is 22.2. The molecule has 1 atom stereocenters. The number of methoxy groups -OCH3 is 3. The van der Waals surface area contributed by atoms with Crippen molar-refractivity contribution < 1.29 is 14.2 Å². The third-order valence-electron chi connectivity index (χ3n) is 5.51. The van der Waals surface area contributed by atoms with Gasteiger partial charge in [-0.2, -0.15) is 0 Å². The number of ether oxygens (including phenoxy) is 3. The van der Waals surface area contributed by atoms with Gasteiger partial charge in [0, 0.05) is 52.9 Å². The van der Waals surface area contributed by atoms with Crippen LogP contribution in [0.3, 0.4) is 0 Å². The smallest absolute Gasteiger partial charge is 0.203 e. The van der Waals surface area contributed by atoms with Gasteiger partial charge in [0.05, 0.1) is 21.3 Å². The van der Waals surface area contributed by atoms with E-state index in [4.69, 9.17) is 14.2 Å². The second-order valence-corrected chi connectivity index (χ2v) is 7.68. The predicted octanol–water partition coefficient (Wildman–Crippen LogP) is 2.27. The molecule has 2 rings (SSSR count). The van der Waals surface area contributed by atoms with Crippen molar-refractivity contribution in [3.8, 4) is 17.2 Å². The summed E-state index contributed by atoms with van der Waals surface area (Å²) in [5, 5.41) is 6.81. The number of nitrogens with one attached hydrogen (secondary N) is 2. The van der Waals surface area contributed by atoms with Gasteiger partial charge in [-0.25, -0.2) is 0 Å². The number of nitrogens with zero attached hydrogens (tertiary/aromatic N) is 3. The molecule has 1 unspecified atom stereocenters. The van der Waals surface area contributed by atoms with Gasteiger partial charge >= 0.3 is 0 Å². The van der Waals surface area contributed by atoms with Crippen LogP contribution in [0, 0.1) is 5.92 Å². The minimum atomic E-state index is 0. The molecule has 31 heavy (non-hydrogen) atoms. The molecular weight excluding hydrogens is 509 g/mol. The van der Waals surface area contributed by atoms with Crippen molar-refractivity contribution in [3.05, 3.63) is 17.7 Å². The molecule has 0 amide bonds. The summed E-state index contributed by atoms with van der Waals surface area (Å²) >= 11 is 0. The van der Waals surface area contributed by atoms with Crippen LogP contribution in [0.25, 0.3) is 0 Å². The van der Waals surface area contributed by atoms with Crippen LogP contribution >= 0.6 is 24.0 Å². The Labute approximate surface area is 204 Å². The van der Waals surface area contributed by atoms with E-state index in [1.807, 2.05) is 12.1 Å². The third-order valence-corrected chi connectivity index (χ3v) is 5.51. The van der Waals surface area contributed by atoms with Crippen molar-refractivity contribution in [2.75, 3.05) is 74.2 Å². The van der Waals surface area contributed by atoms with Gasteiger partial charge in [0.2, 0.25) is 5.75 Å². The van der Waals surface area contributed by atoms with E-state index in [2.05, 4.69) is 39.3 Å². The first-order chi connectivity index (χ1) is 14.5. The Morgan fingerprint density at radius 1 is 1.00 bits per heavy atom. The molecule has 9 heteroatoms. The first kappa shape index (κ1) is 27.6. The lowest BCUT2D eigenvalue weighted by Gasteiger charge is -2.35. The maximum absolute atomic E-state index is 5.43. The quantitative estimate of drug-likeness (QED) is 0.264. The highest BCUT2D eigenvalue weighted by Crippen LogP contribution is 2.38. The average molecular weight is 549 g/mol. The topological polar surface area (TPSA) is 70.6 Å². The zero-order valence-electron chi connectivity index (χ0n) is 19.9. The van der Waals surface area contributed by atoms with E-state index in [0.29, 0.717) is 29.7 Å². The summed E-state index contributed by atoms with van der Waals surface area (Å²) in [6.07, 6.45) is 0. The SMILES string of the molecule is CCN1CCN(CC(C)CNC(=NC)NCc2cc(OC)c(OC)c(OC)c2)CC1.I. The molecule has 0 saturated carbocycles. The highest BCUT2D eigenvalue weighted by Gasteiger charge is 2.17. The molecule has 0 aliphatic carbocycles. The van der Waals surface area contributed by atoms with E-state index in [0.717, 1.165) is 44.2 Å². The maximum Gasteiger partial charge on any atom is 0.203 e. The molecule has 2 N–H and O–H groups in total. The Morgan fingerprint density at radius 3 is 2.06 bits per heavy atom. The summed E-state index contributed by atoms with van der Waals surface area (Å²) in [5.41, 5.74) is 1.02. The number of rotatable bonds is 10. The van der Waals surface area contributed by atoms with E-state index >= 15 is 0 Å². The van der Waals surface area contributed by atoms with Crippen molar-refractivity contribution in [2.24, 2.45) is 10.9 Å². The fraction of sp³-hybridized carbons (Fsp3) is 0.682. The molecule has 1 fully saturated rings. The molecule has 0 spiro atoms. The van der Waals surface area contributed by atoms with E-state index in [9.17, 15) is 0 Å². The average Bonchev–Trinajstić information content (AvgIpc) is 2.78. The summed E-state index contributed by atoms with van der Waals surface area (Å²) in [6, 6.07) is 3.89. The number of piperazine rings is 1. The number of aliphatic imine (C=N–C) groups is 1. The number of likely N-dealkylation sites (N-methyl/N-ethyl adjacent to an activating group) is 1. The van der Waals surface area contributed by atoms with E-state index in [1.165, 1.54) is 13.1 Å². The van der Waals surface area contributed by atoms with Crippen molar-refractivity contribution >= 4 is 29.9 Å². The Hall–Kier alpha value is -1.46. The van der Waals surface area contributed by atoms with Gasteiger partial charge in [-0.15, -0.1) is 24.0 Å². The number of hydrogen-bond donors (Lipinski definition) is 2. The molecule has 1 aromatic rings. The largest absolute Gasteiger partial charge is 0.493 e. The van der Waals surface area contributed by atoms with E-state index < -0.39 is 0 Å². The summed E-state index contributed by atoms with van der Waals surface area (Å²) in [5.74, 6) is 3.21. The first-order valence-electron chi connectivity index (χ1n) is 10.7. The predicted molar refractivity (Wildman–Crippen MR) is 137 cm³/mol. The Bertz CT molecular complexity index is 656. The fourth-order valence-electron chi connectivity index (χ4n) is 3.71. The van der Waals surface area contributed by atoms with Crippen molar-refractivity contribution in [1.29, 1.82) is 0 Å². The molecule has 1 aliphatic rings. The summed E-state index contributed by atoms with van der Waals surface area (Å²) in [4.78, 5) is 9.42. The van der Waals surface area contributed by atoms with Crippen LogP contribution in [0.4, 0.5) is 0 Å². The lowest BCUT2D eigenvalue weighted by atomic mass is 10.1. The molecule has 0 radical (unpaired) electrons. The van der Waals surface area contributed by atoms with Crippen LogP contribution < -0.4 is 24.8 Å². The van der Waals surface area contributed by atoms with Gasteiger partial charge in [-0.05, 0) is 30.2 Å². The molecule has 1 aromatic carbocycles. The summed E-state index contributed by atoms with van der Waals surface area (Å²) in [6.45, 7) is 12.9. The summed E-state index contributed by atoms with van der Waals surface area (Å²) in [7, 11) is 6.64. The molecule has 0 aromatic heterocycles. The number of guanidine groups is 1. The van der Waals surface area contributed by atoms with Gasteiger partial charge in [-0.1, -0.05) is 13.8 Å². The number of benzene rings is 1. The first-order valence-corrected chi connectivity index (χ1v) is 10.7. The lowest BCUT2D eigenvalue weighted by molar-refractivity contribution is 0.124. The molecule has 1 aliphatic heterocycles. The molecule has 1 heterocycles. The van der Waals surface area contributed by atoms with Gasteiger partial charge in [-0.3, -0.25) is 4.99 Å². The molecule has 0 bridgehead atoms. The second kappa shape index (κ2) is 14.6. The van der Waals surface area contributed by atoms with Crippen LogP contribution in [0.5, 0.6) is 17.2 Å². The van der Waals surface area contributed by atoms with Crippen LogP contribution in [0.15, 0.2) is 17.1 Å². The highest BCUT2D eigenvalue weighted by atomic mass is 127. The number of hydrogen-bond acceptors (Lipinski definition) is 6. The minimum Gasteiger partial charge on any atom is -0.493 e. The van der Waals surface area contributed by atoms with Gasteiger partial charge in [0.1, 0.15) is 0 Å². The standard InChI is InChI=1S/C22H39N5O3.HI/c1-7-26-8-10-27(11-9-26)16-17(2)14-24-22(23-3)25-15-18-12-19(28-4)21(30-6)20(13-18)29-5;/h12-13,17H,7-11,14-16H2,1-6H3,(H2,23,24,25);1H. The zero-order chi connectivity index (χ0) is 21.9. The molecule has 8 nitrogen and oxygen atoms in total. The van der Waals surface area contributed by atoms with E-state index in [1.54, 1.807) is 28.4 Å². The minimum absolute atomic E-state index is 0. The monoisotopic (exact) mass is 549 g/mol. The van der Waals surface area contributed by atoms with Gasteiger partial charge in [0.25, 0.3) is 0 Å². The van der Waals surface area contributed by atoms with Gasteiger partial charge in [0.15, 0.2) is 17.5 Å². The molecular formula is C22H40IN5O3. The second-order valence-electron chi connectivity index (χ2n) is 7.68. The normalized spacial score (nSPS) is 16.3. The third kappa shape index (κ3) is 8.53. The van der Waals surface area contributed by atoms with Crippen molar-refractivity contribution in [3.63, 3.8) is 0 Å². The summed E-state index contributed by atoms with van der Waals surface area (Å²) < 4.78 is 16.2. The Kier molecular flexibility index (Phi) is 13.0. The Balaban J connectivity index is 0.00000480. The highest BCUT2D eigenvalue weighted by molar-refractivity contribution is 14.0. The Morgan fingerprint density at radius 2 is 1.58 bits per heavy atom. The maximum atomic E-state index is 5.43. The van der Waals surface area contributed by atoms with Crippen LogP contribution in [-0.4, -0.2) is 89.9 Å². The lowest BCUT2D eigenvalue weighted by Crippen LogP contribution is -2.48. The van der Waals surface area contributed by atoms with E-state index in [-0.39, 0.29) is 24.0 Å².